The molecule has 1 aliphatic rings. The largest absolute Gasteiger partial charge is 0.508 e. The zero-order valence-corrected chi connectivity index (χ0v) is 13.2. The molecule has 1 aromatic heterocycles. The van der Waals surface area contributed by atoms with E-state index in [-0.39, 0.29) is 11.2 Å². The van der Waals surface area contributed by atoms with Crippen molar-refractivity contribution >= 4 is 11.0 Å². The Hall–Kier alpha value is -2.95. The average molecular weight is 324 g/mol. The highest BCUT2D eigenvalue weighted by atomic mass is 16.5. The van der Waals surface area contributed by atoms with E-state index in [2.05, 4.69) is 0 Å². The molecule has 2 heterocycles. The minimum Gasteiger partial charge on any atom is -0.508 e. The monoisotopic (exact) mass is 324 g/mol. The lowest BCUT2D eigenvalue weighted by atomic mass is 10.0. The van der Waals surface area contributed by atoms with Crippen molar-refractivity contribution in [1.82, 2.24) is 0 Å². The lowest BCUT2D eigenvalue weighted by Crippen LogP contribution is -2.05. The first-order chi connectivity index (χ1) is 11.6. The number of phenolic OH excluding ortho intramolecular Hbond substituents is 1. The molecule has 0 unspecified atom stereocenters. The SMILES string of the molecule is Cc1c(O)ccc2c(=O)c(-c3ccc4c(c3)OCCCO4)coc12. The van der Waals surface area contributed by atoms with Crippen LogP contribution in [0.5, 0.6) is 17.2 Å². The molecule has 122 valence electrons. The molecule has 3 aromatic rings. The number of ether oxygens (including phenoxy) is 2. The lowest BCUT2D eigenvalue weighted by molar-refractivity contribution is 0.297. The lowest BCUT2D eigenvalue weighted by Gasteiger charge is -2.10. The molecule has 1 N–H and O–H groups in total. The molecule has 1 aliphatic heterocycles. The summed E-state index contributed by atoms with van der Waals surface area (Å²) in [5, 5.41) is 10.2. The summed E-state index contributed by atoms with van der Waals surface area (Å²) >= 11 is 0. The van der Waals surface area contributed by atoms with Gasteiger partial charge in [0.05, 0.1) is 24.2 Å². The molecule has 0 bridgehead atoms. The Kier molecular flexibility index (Phi) is 3.41. The summed E-state index contributed by atoms with van der Waals surface area (Å²) in [4.78, 5) is 12.8. The van der Waals surface area contributed by atoms with Gasteiger partial charge in [-0.1, -0.05) is 6.07 Å². The number of aromatic hydroxyl groups is 1. The molecular formula is C19H16O5. The second kappa shape index (κ2) is 5.60. The zero-order chi connectivity index (χ0) is 16.7. The van der Waals surface area contributed by atoms with Crippen molar-refractivity contribution in [2.24, 2.45) is 0 Å². The number of aryl methyl sites for hydroxylation is 1. The maximum Gasteiger partial charge on any atom is 0.200 e. The minimum atomic E-state index is -0.145. The van der Waals surface area contributed by atoms with Crippen molar-refractivity contribution in [1.29, 1.82) is 0 Å². The first-order valence-corrected chi connectivity index (χ1v) is 7.79. The van der Waals surface area contributed by atoms with Crippen molar-refractivity contribution in [3.8, 4) is 28.4 Å². The van der Waals surface area contributed by atoms with E-state index in [0.29, 0.717) is 52.4 Å². The molecule has 5 heteroatoms. The van der Waals surface area contributed by atoms with E-state index in [0.717, 1.165) is 6.42 Å². The highest BCUT2D eigenvalue weighted by Crippen LogP contribution is 2.34. The first kappa shape index (κ1) is 14.6. The summed E-state index contributed by atoms with van der Waals surface area (Å²) in [6, 6.07) is 8.51. The first-order valence-electron chi connectivity index (χ1n) is 7.79. The second-order valence-corrected chi connectivity index (χ2v) is 5.78. The van der Waals surface area contributed by atoms with Gasteiger partial charge in [-0.25, -0.2) is 0 Å². The molecule has 0 aliphatic carbocycles. The van der Waals surface area contributed by atoms with Gasteiger partial charge in [0.25, 0.3) is 0 Å². The van der Waals surface area contributed by atoms with E-state index in [4.69, 9.17) is 13.9 Å². The number of fused-ring (bicyclic) bond motifs is 2. The van der Waals surface area contributed by atoms with Crippen LogP contribution in [0.1, 0.15) is 12.0 Å². The third-order valence-electron chi connectivity index (χ3n) is 4.22. The summed E-state index contributed by atoms with van der Waals surface area (Å²) in [6.07, 6.45) is 2.25. The molecular weight excluding hydrogens is 308 g/mol. The third kappa shape index (κ3) is 2.29. The Morgan fingerprint density at radius 2 is 1.83 bits per heavy atom. The summed E-state index contributed by atoms with van der Waals surface area (Å²) in [5.74, 6) is 1.42. The van der Waals surface area contributed by atoms with Gasteiger partial charge in [-0.05, 0) is 36.8 Å². The van der Waals surface area contributed by atoms with Crippen LogP contribution in [-0.2, 0) is 0 Å². The van der Waals surface area contributed by atoms with Crippen LogP contribution >= 0.6 is 0 Å². The average Bonchev–Trinajstić information content (AvgIpc) is 2.83. The Labute approximate surface area is 138 Å². The van der Waals surface area contributed by atoms with E-state index in [1.165, 1.54) is 12.3 Å². The Balaban J connectivity index is 1.88. The molecule has 0 spiro atoms. The van der Waals surface area contributed by atoms with Gasteiger partial charge in [-0.2, -0.15) is 0 Å². The van der Waals surface area contributed by atoms with Crippen LogP contribution in [0.2, 0.25) is 0 Å². The van der Waals surface area contributed by atoms with E-state index >= 15 is 0 Å². The fourth-order valence-electron chi connectivity index (χ4n) is 2.86. The van der Waals surface area contributed by atoms with Crippen LogP contribution in [0.15, 0.2) is 45.8 Å². The molecule has 4 rings (SSSR count). The van der Waals surface area contributed by atoms with E-state index in [1.54, 1.807) is 19.1 Å². The zero-order valence-electron chi connectivity index (χ0n) is 13.2. The summed E-state index contributed by atoms with van der Waals surface area (Å²) < 4.78 is 16.9. The van der Waals surface area contributed by atoms with Crippen LogP contribution in [-0.4, -0.2) is 18.3 Å². The maximum absolute atomic E-state index is 12.8. The predicted octanol–water partition coefficient (Wildman–Crippen LogP) is 3.64. The van der Waals surface area contributed by atoms with E-state index < -0.39 is 0 Å². The van der Waals surface area contributed by atoms with Crippen molar-refractivity contribution in [3.63, 3.8) is 0 Å². The molecule has 0 saturated heterocycles. The minimum absolute atomic E-state index is 0.106. The summed E-state index contributed by atoms with van der Waals surface area (Å²) in [6.45, 7) is 2.92. The van der Waals surface area contributed by atoms with Crippen LogP contribution in [0.4, 0.5) is 0 Å². The van der Waals surface area contributed by atoms with Gasteiger partial charge in [0.15, 0.2) is 11.5 Å². The van der Waals surface area contributed by atoms with Crippen molar-refractivity contribution in [2.45, 2.75) is 13.3 Å². The Bertz CT molecular complexity index is 987. The molecule has 0 saturated carbocycles. The Morgan fingerprint density at radius 3 is 2.67 bits per heavy atom. The van der Waals surface area contributed by atoms with Gasteiger partial charge >= 0.3 is 0 Å². The fourth-order valence-corrected chi connectivity index (χ4v) is 2.86. The van der Waals surface area contributed by atoms with Gasteiger partial charge in [-0.15, -0.1) is 0 Å². The van der Waals surface area contributed by atoms with Gasteiger partial charge in [-0.3, -0.25) is 4.79 Å². The highest BCUT2D eigenvalue weighted by molar-refractivity contribution is 5.85. The van der Waals surface area contributed by atoms with Crippen LogP contribution in [0.25, 0.3) is 22.1 Å². The Morgan fingerprint density at radius 1 is 1.04 bits per heavy atom. The second-order valence-electron chi connectivity index (χ2n) is 5.78. The highest BCUT2D eigenvalue weighted by Gasteiger charge is 2.16. The normalized spacial score (nSPS) is 13.7. The number of hydrogen-bond acceptors (Lipinski definition) is 5. The van der Waals surface area contributed by atoms with Crippen molar-refractivity contribution < 1.29 is 19.0 Å². The third-order valence-corrected chi connectivity index (χ3v) is 4.22. The topological polar surface area (TPSA) is 68.9 Å². The summed E-state index contributed by atoms with van der Waals surface area (Å²) in [5.41, 5.74) is 1.96. The molecule has 24 heavy (non-hydrogen) atoms. The number of phenols is 1. The van der Waals surface area contributed by atoms with Crippen LogP contribution in [0.3, 0.4) is 0 Å². The van der Waals surface area contributed by atoms with Gasteiger partial charge in [0.1, 0.15) is 17.6 Å². The van der Waals surface area contributed by atoms with Gasteiger partial charge in [0, 0.05) is 12.0 Å². The fraction of sp³-hybridized carbons (Fsp3) is 0.211. The van der Waals surface area contributed by atoms with Crippen LogP contribution < -0.4 is 14.9 Å². The van der Waals surface area contributed by atoms with E-state index in [9.17, 15) is 9.90 Å². The summed E-state index contributed by atoms with van der Waals surface area (Å²) in [7, 11) is 0. The van der Waals surface area contributed by atoms with Gasteiger partial charge in [0.2, 0.25) is 5.43 Å². The standard InChI is InChI=1S/C19H16O5/c1-11-15(20)5-4-13-18(21)14(10-24-19(11)13)12-3-6-16-17(9-12)23-8-2-7-22-16/h3-6,9-10,20H,2,7-8H2,1H3. The van der Waals surface area contributed by atoms with Gasteiger partial charge < -0.3 is 19.0 Å². The van der Waals surface area contributed by atoms with Crippen molar-refractivity contribution in [3.05, 3.63) is 52.4 Å². The molecule has 5 nitrogen and oxygen atoms in total. The smallest absolute Gasteiger partial charge is 0.200 e. The van der Waals surface area contributed by atoms with Crippen molar-refractivity contribution in [2.75, 3.05) is 13.2 Å². The maximum atomic E-state index is 12.8. The molecule has 0 atom stereocenters. The molecule has 0 radical (unpaired) electrons. The quantitative estimate of drug-likeness (QED) is 0.740. The number of hydrogen-bond donors (Lipinski definition) is 1. The van der Waals surface area contributed by atoms with Crippen LogP contribution in [0, 0.1) is 6.92 Å². The molecule has 0 fully saturated rings. The predicted molar refractivity (Wildman–Crippen MR) is 89.9 cm³/mol. The van der Waals surface area contributed by atoms with E-state index in [1.807, 2.05) is 12.1 Å². The number of rotatable bonds is 1. The molecule has 0 amide bonds. The molecule has 2 aromatic carbocycles. The number of benzene rings is 2.